The van der Waals surface area contributed by atoms with Gasteiger partial charge < -0.3 is 4.90 Å². The molecule has 2 aliphatic heterocycles. The van der Waals surface area contributed by atoms with Crippen LogP contribution >= 0.6 is 0 Å². The van der Waals surface area contributed by atoms with Gasteiger partial charge in [0.25, 0.3) is 0 Å². The zero-order valence-electron chi connectivity index (χ0n) is 12.4. The monoisotopic (exact) mass is 276 g/mol. The zero-order valence-corrected chi connectivity index (χ0v) is 12.4. The number of aryl methyl sites for hydroxylation is 1. The predicted molar refractivity (Wildman–Crippen MR) is 88.8 cm³/mol. The SMILES string of the molecule is CC1CC(=Nc2ccccc2)c2cccc3c2N1CCC3. The van der Waals surface area contributed by atoms with Gasteiger partial charge in [-0.15, -0.1) is 0 Å². The lowest BCUT2D eigenvalue weighted by molar-refractivity contribution is 0.596. The number of aliphatic imine (C=N–C) groups is 1. The molecular formula is C19H20N2. The van der Waals surface area contributed by atoms with Gasteiger partial charge in [0.05, 0.1) is 11.4 Å². The van der Waals surface area contributed by atoms with Crippen LogP contribution in [0.15, 0.2) is 53.5 Å². The molecule has 2 aliphatic rings. The maximum absolute atomic E-state index is 4.93. The molecule has 2 aromatic rings. The largest absolute Gasteiger partial charge is 0.368 e. The molecule has 0 fully saturated rings. The third kappa shape index (κ3) is 2.15. The van der Waals surface area contributed by atoms with E-state index in [0.29, 0.717) is 6.04 Å². The molecule has 0 bridgehead atoms. The topological polar surface area (TPSA) is 15.6 Å². The molecule has 106 valence electrons. The van der Waals surface area contributed by atoms with Gasteiger partial charge in [0, 0.05) is 30.3 Å². The van der Waals surface area contributed by atoms with Gasteiger partial charge in [-0.05, 0) is 37.5 Å². The van der Waals surface area contributed by atoms with E-state index < -0.39 is 0 Å². The fourth-order valence-corrected chi connectivity index (χ4v) is 3.62. The summed E-state index contributed by atoms with van der Waals surface area (Å²) in [5.41, 5.74) is 6.57. The molecule has 0 saturated heterocycles. The zero-order chi connectivity index (χ0) is 14.2. The van der Waals surface area contributed by atoms with Gasteiger partial charge >= 0.3 is 0 Å². The maximum Gasteiger partial charge on any atom is 0.0633 e. The first-order valence-corrected chi connectivity index (χ1v) is 7.84. The minimum atomic E-state index is 0.543. The van der Waals surface area contributed by atoms with E-state index in [-0.39, 0.29) is 0 Å². The van der Waals surface area contributed by atoms with Crippen molar-refractivity contribution in [3.8, 4) is 0 Å². The van der Waals surface area contributed by atoms with Gasteiger partial charge in [0.2, 0.25) is 0 Å². The number of anilines is 1. The minimum absolute atomic E-state index is 0.543. The first-order valence-electron chi connectivity index (χ1n) is 7.84. The normalized spacial score (nSPS) is 22.2. The quantitative estimate of drug-likeness (QED) is 0.756. The van der Waals surface area contributed by atoms with Crippen molar-refractivity contribution in [1.82, 2.24) is 0 Å². The lowest BCUT2D eigenvalue weighted by Gasteiger charge is -2.41. The van der Waals surface area contributed by atoms with Gasteiger partial charge in [-0.25, -0.2) is 0 Å². The molecule has 0 amide bonds. The van der Waals surface area contributed by atoms with Gasteiger partial charge in [-0.2, -0.15) is 0 Å². The molecule has 2 aromatic carbocycles. The molecule has 1 atom stereocenters. The molecule has 21 heavy (non-hydrogen) atoms. The number of nitrogens with zero attached hydrogens (tertiary/aromatic N) is 2. The lowest BCUT2D eigenvalue weighted by atomic mass is 9.87. The molecule has 4 rings (SSSR count). The summed E-state index contributed by atoms with van der Waals surface area (Å²) in [4.78, 5) is 7.52. The Hall–Kier alpha value is -2.09. The highest BCUT2D eigenvalue weighted by molar-refractivity contribution is 6.09. The van der Waals surface area contributed by atoms with Crippen LogP contribution in [-0.4, -0.2) is 18.3 Å². The maximum atomic E-state index is 4.93. The average Bonchev–Trinajstić information content (AvgIpc) is 2.53. The van der Waals surface area contributed by atoms with Gasteiger partial charge in [-0.3, -0.25) is 4.99 Å². The highest BCUT2D eigenvalue weighted by Gasteiger charge is 2.31. The van der Waals surface area contributed by atoms with Crippen molar-refractivity contribution in [3.05, 3.63) is 59.7 Å². The van der Waals surface area contributed by atoms with Crippen molar-refractivity contribution < 1.29 is 0 Å². The third-order valence-electron chi connectivity index (χ3n) is 4.60. The van der Waals surface area contributed by atoms with Crippen molar-refractivity contribution in [2.45, 2.75) is 32.2 Å². The van der Waals surface area contributed by atoms with Crippen LogP contribution in [0.4, 0.5) is 11.4 Å². The van der Waals surface area contributed by atoms with Gasteiger partial charge in [-0.1, -0.05) is 36.4 Å². The second-order valence-corrected chi connectivity index (χ2v) is 6.06. The predicted octanol–water partition coefficient (Wildman–Crippen LogP) is 4.35. The average molecular weight is 276 g/mol. The van der Waals surface area contributed by atoms with Crippen molar-refractivity contribution in [2.24, 2.45) is 4.99 Å². The Kier molecular flexibility index (Phi) is 3.03. The van der Waals surface area contributed by atoms with E-state index in [1.54, 1.807) is 0 Å². The van der Waals surface area contributed by atoms with E-state index in [1.807, 2.05) is 6.07 Å². The number of rotatable bonds is 1. The molecule has 2 heteroatoms. The molecule has 0 aromatic heterocycles. The highest BCUT2D eigenvalue weighted by atomic mass is 15.2. The molecule has 0 aliphatic carbocycles. The second kappa shape index (κ2) is 5.03. The van der Waals surface area contributed by atoms with E-state index >= 15 is 0 Å². The van der Waals surface area contributed by atoms with Crippen LogP contribution in [0, 0.1) is 0 Å². The van der Waals surface area contributed by atoms with Crippen LogP contribution < -0.4 is 4.90 Å². The van der Waals surface area contributed by atoms with Crippen LogP contribution in [-0.2, 0) is 6.42 Å². The Morgan fingerprint density at radius 3 is 2.76 bits per heavy atom. The molecule has 0 N–H and O–H groups in total. The van der Waals surface area contributed by atoms with Gasteiger partial charge in [0.1, 0.15) is 0 Å². The van der Waals surface area contributed by atoms with Crippen molar-refractivity contribution >= 4 is 17.1 Å². The number of benzene rings is 2. The summed E-state index contributed by atoms with van der Waals surface area (Å²) in [6, 6.07) is 17.6. The molecule has 2 heterocycles. The summed E-state index contributed by atoms with van der Waals surface area (Å²) < 4.78 is 0. The van der Waals surface area contributed by atoms with Gasteiger partial charge in [0.15, 0.2) is 0 Å². The lowest BCUT2D eigenvalue weighted by Crippen LogP contribution is -2.43. The van der Waals surface area contributed by atoms with Crippen molar-refractivity contribution in [2.75, 3.05) is 11.4 Å². The number of para-hydroxylation sites is 2. The van der Waals surface area contributed by atoms with Crippen LogP contribution in [0.25, 0.3) is 0 Å². The van der Waals surface area contributed by atoms with E-state index in [1.165, 1.54) is 41.9 Å². The molecular weight excluding hydrogens is 256 g/mol. The summed E-state index contributed by atoms with van der Waals surface area (Å²) in [6.07, 6.45) is 3.50. The van der Waals surface area contributed by atoms with E-state index in [2.05, 4.69) is 54.3 Å². The Bertz CT molecular complexity index is 688. The summed E-state index contributed by atoms with van der Waals surface area (Å²) in [6.45, 7) is 3.51. The second-order valence-electron chi connectivity index (χ2n) is 6.06. The molecule has 0 saturated carbocycles. The number of hydrogen-bond acceptors (Lipinski definition) is 2. The van der Waals surface area contributed by atoms with Crippen LogP contribution in [0.1, 0.15) is 30.9 Å². The van der Waals surface area contributed by atoms with Crippen LogP contribution in [0.3, 0.4) is 0 Å². The van der Waals surface area contributed by atoms with E-state index in [9.17, 15) is 0 Å². The van der Waals surface area contributed by atoms with E-state index in [0.717, 1.165) is 12.1 Å². The molecule has 0 spiro atoms. The third-order valence-corrected chi connectivity index (χ3v) is 4.60. The molecule has 1 unspecified atom stereocenters. The Morgan fingerprint density at radius 1 is 1.05 bits per heavy atom. The highest BCUT2D eigenvalue weighted by Crippen LogP contribution is 2.38. The standard InChI is InChI=1S/C19H20N2/c1-14-13-18(20-16-9-3-2-4-10-16)17-11-5-7-15-8-6-12-21(14)19(15)17/h2-5,7,9-11,14H,6,8,12-13H2,1H3. The fraction of sp³-hybridized carbons (Fsp3) is 0.316. The molecule has 0 radical (unpaired) electrons. The Morgan fingerprint density at radius 2 is 1.90 bits per heavy atom. The number of hydrogen-bond donors (Lipinski definition) is 0. The van der Waals surface area contributed by atoms with Crippen LogP contribution in [0.5, 0.6) is 0 Å². The van der Waals surface area contributed by atoms with Crippen molar-refractivity contribution in [3.63, 3.8) is 0 Å². The smallest absolute Gasteiger partial charge is 0.0633 e. The summed E-state index contributed by atoms with van der Waals surface area (Å²) in [7, 11) is 0. The molecule has 2 nitrogen and oxygen atoms in total. The minimum Gasteiger partial charge on any atom is -0.368 e. The van der Waals surface area contributed by atoms with Crippen molar-refractivity contribution in [1.29, 1.82) is 0 Å². The van der Waals surface area contributed by atoms with Crippen LogP contribution in [0.2, 0.25) is 0 Å². The Labute approximate surface area is 126 Å². The first-order chi connectivity index (χ1) is 10.3. The summed E-state index contributed by atoms with van der Waals surface area (Å²) in [5.74, 6) is 0. The summed E-state index contributed by atoms with van der Waals surface area (Å²) in [5, 5.41) is 0. The summed E-state index contributed by atoms with van der Waals surface area (Å²) >= 11 is 0. The first kappa shape index (κ1) is 12.6. The Balaban J connectivity index is 1.86. The van der Waals surface area contributed by atoms with E-state index in [4.69, 9.17) is 4.99 Å². The fourth-order valence-electron chi connectivity index (χ4n) is 3.62.